The average Bonchev–Trinajstić information content (AvgIpc) is 2.89. The number of anilines is 1. The minimum absolute atomic E-state index is 0.130. The van der Waals surface area contributed by atoms with Gasteiger partial charge in [-0.2, -0.15) is 0 Å². The molecule has 3 aromatic carbocycles. The highest BCUT2D eigenvalue weighted by atomic mass is 32.2. The van der Waals surface area contributed by atoms with Crippen LogP contribution in [0.5, 0.6) is 0 Å². The third kappa shape index (κ3) is 6.04. The van der Waals surface area contributed by atoms with Crippen LogP contribution in [0.25, 0.3) is 5.70 Å². The number of hydrogen-bond donors (Lipinski definition) is 2. The summed E-state index contributed by atoms with van der Waals surface area (Å²) in [7, 11) is 0. The second kappa shape index (κ2) is 11.7. The zero-order valence-corrected chi connectivity index (χ0v) is 21.4. The fourth-order valence-electron chi connectivity index (χ4n) is 4.00. The fraction of sp³-hybridized carbons (Fsp3) is 0.207. The first-order chi connectivity index (χ1) is 17.5. The van der Waals surface area contributed by atoms with E-state index in [0.29, 0.717) is 16.4 Å². The number of rotatable bonds is 7. The average molecular weight is 500 g/mol. The van der Waals surface area contributed by atoms with Gasteiger partial charge in [-0.15, -0.1) is 0 Å². The van der Waals surface area contributed by atoms with Crippen LogP contribution in [0.15, 0.2) is 89.4 Å². The molecule has 36 heavy (non-hydrogen) atoms. The molecule has 0 saturated carbocycles. The lowest BCUT2D eigenvalue weighted by Gasteiger charge is -2.27. The fourth-order valence-corrected chi connectivity index (χ4v) is 4.70. The molecule has 1 heterocycles. The van der Waals surface area contributed by atoms with E-state index < -0.39 is 12.0 Å². The van der Waals surface area contributed by atoms with Crippen molar-refractivity contribution in [3.8, 4) is 0 Å². The minimum Gasteiger partial charge on any atom is -0.463 e. The Labute approximate surface area is 215 Å². The number of ether oxygens (including phenoxy) is 1. The van der Waals surface area contributed by atoms with Crippen LogP contribution >= 0.6 is 11.8 Å². The Hall–Kier alpha value is -3.84. The summed E-state index contributed by atoms with van der Waals surface area (Å²) >= 11 is 1.30. The van der Waals surface area contributed by atoms with Crippen LogP contribution in [0.4, 0.5) is 5.69 Å². The molecule has 3 aromatic rings. The van der Waals surface area contributed by atoms with Gasteiger partial charge in [0.15, 0.2) is 5.17 Å². The predicted molar refractivity (Wildman–Crippen MR) is 147 cm³/mol. The summed E-state index contributed by atoms with van der Waals surface area (Å²) in [5.74, 6) is -0.385. The van der Waals surface area contributed by atoms with Gasteiger partial charge in [0.1, 0.15) is 6.04 Å². The van der Waals surface area contributed by atoms with Crippen LogP contribution in [0, 0.1) is 13.8 Å². The van der Waals surface area contributed by atoms with E-state index in [1.165, 1.54) is 11.8 Å². The van der Waals surface area contributed by atoms with Gasteiger partial charge >= 0.3 is 5.97 Å². The first-order valence-electron chi connectivity index (χ1n) is 11.8. The third-order valence-corrected chi connectivity index (χ3v) is 6.58. The van der Waals surface area contributed by atoms with E-state index in [2.05, 4.69) is 10.6 Å². The number of aliphatic imine (C=N–C) groups is 1. The van der Waals surface area contributed by atoms with E-state index in [0.717, 1.165) is 27.9 Å². The molecule has 0 aliphatic carbocycles. The van der Waals surface area contributed by atoms with Gasteiger partial charge in [-0.05, 0) is 43.5 Å². The Balaban J connectivity index is 1.63. The lowest BCUT2D eigenvalue weighted by atomic mass is 9.94. The van der Waals surface area contributed by atoms with Gasteiger partial charge in [-0.1, -0.05) is 90.1 Å². The molecule has 2 N–H and O–H groups in total. The molecule has 1 amide bonds. The summed E-state index contributed by atoms with van der Waals surface area (Å²) in [5.41, 5.74) is 5.74. The second-order valence-electron chi connectivity index (χ2n) is 8.40. The molecular formula is C29H29N3O3S. The standard InChI is InChI=1S/C29H29N3O3S/c1-4-35-28(34)25-26(21-11-7-5-8-12-21)31-29(32-27(25)22-13-9-6-10-14-22)36-18-24(33)30-23-16-15-19(2)17-20(23)3/h5-17,26H,4,18H2,1-3H3,(H,30,33)(H,31,32)/t26-/m0/s1. The zero-order chi connectivity index (χ0) is 25.5. The lowest BCUT2D eigenvalue weighted by molar-refractivity contribution is -0.138. The maximum atomic E-state index is 13.1. The van der Waals surface area contributed by atoms with Crippen LogP contribution < -0.4 is 10.6 Å². The van der Waals surface area contributed by atoms with Gasteiger partial charge < -0.3 is 15.4 Å². The van der Waals surface area contributed by atoms with Crippen molar-refractivity contribution in [1.82, 2.24) is 5.32 Å². The van der Waals surface area contributed by atoms with Gasteiger partial charge in [0.2, 0.25) is 5.91 Å². The largest absolute Gasteiger partial charge is 0.463 e. The molecule has 0 unspecified atom stereocenters. The molecule has 1 aliphatic rings. The predicted octanol–water partition coefficient (Wildman–Crippen LogP) is 5.65. The summed E-state index contributed by atoms with van der Waals surface area (Å²) in [6, 6.07) is 24.6. The lowest BCUT2D eigenvalue weighted by Crippen LogP contribution is -2.31. The van der Waals surface area contributed by atoms with Crippen LogP contribution in [-0.4, -0.2) is 29.4 Å². The smallest absolute Gasteiger partial charge is 0.338 e. The summed E-state index contributed by atoms with van der Waals surface area (Å²) in [6.45, 7) is 6.04. The number of amidine groups is 1. The van der Waals surface area contributed by atoms with Crippen molar-refractivity contribution < 1.29 is 14.3 Å². The van der Waals surface area contributed by atoms with Crippen molar-refractivity contribution >= 4 is 40.2 Å². The number of nitrogens with one attached hydrogen (secondary N) is 2. The highest BCUT2D eigenvalue weighted by Crippen LogP contribution is 2.36. The molecule has 0 bridgehead atoms. The molecule has 0 saturated heterocycles. The summed E-state index contributed by atoms with van der Waals surface area (Å²) < 4.78 is 5.43. The van der Waals surface area contributed by atoms with Crippen LogP contribution in [0.1, 0.15) is 35.2 Å². The number of amides is 1. The molecule has 0 fully saturated rings. The van der Waals surface area contributed by atoms with E-state index in [9.17, 15) is 9.59 Å². The molecule has 0 spiro atoms. The number of benzene rings is 3. The number of nitrogens with zero attached hydrogens (tertiary/aromatic N) is 1. The maximum Gasteiger partial charge on any atom is 0.338 e. The van der Waals surface area contributed by atoms with Crippen molar-refractivity contribution in [3.05, 3.63) is 107 Å². The Morgan fingerprint density at radius 1 is 1.00 bits per heavy atom. The van der Waals surface area contributed by atoms with Crippen molar-refractivity contribution in [2.24, 2.45) is 4.99 Å². The van der Waals surface area contributed by atoms with E-state index in [-0.39, 0.29) is 18.3 Å². The van der Waals surface area contributed by atoms with E-state index in [1.54, 1.807) is 6.92 Å². The van der Waals surface area contributed by atoms with Gasteiger partial charge in [0.25, 0.3) is 0 Å². The molecule has 4 rings (SSSR count). The van der Waals surface area contributed by atoms with E-state index in [4.69, 9.17) is 9.73 Å². The molecular weight excluding hydrogens is 470 g/mol. The summed E-state index contributed by atoms with van der Waals surface area (Å²) in [4.78, 5) is 30.7. The Morgan fingerprint density at radius 2 is 1.69 bits per heavy atom. The highest BCUT2D eigenvalue weighted by Gasteiger charge is 2.32. The Morgan fingerprint density at radius 3 is 2.36 bits per heavy atom. The van der Waals surface area contributed by atoms with E-state index >= 15 is 0 Å². The molecule has 7 heteroatoms. The quantitative estimate of drug-likeness (QED) is 0.411. The number of esters is 1. The summed E-state index contributed by atoms with van der Waals surface area (Å²) in [6.07, 6.45) is 0. The minimum atomic E-state index is -0.563. The van der Waals surface area contributed by atoms with Crippen molar-refractivity contribution in [2.45, 2.75) is 26.8 Å². The molecule has 6 nitrogen and oxygen atoms in total. The van der Waals surface area contributed by atoms with Crippen LogP contribution in [0.3, 0.4) is 0 Å². The zero-order valence-electron chi connectivity index (χ0n) is 20.6. The molecule has 0 aromatic heterocycles. The third-order valence-electron chi connectivity index (χ3n) is 5.69. The number of hydrogen-bond acceptors (Lipinski definition) is 6. The number of aryl methyl sites for hydroxylation is 2. The molecule has 1 aliphatic heterocycles. The molecule has 1 atom stereocenters. The molecule has 0 radical (unpaired) electrons. The van der Waals surface area contributed by atoms with Crippen molar-refractivity contribution in [3.63, 3.8) is 0 Å². The van der Waals surface area contributed by atoms with Crippen LogP contribution in [-0.2, 0) is 14.3 Å². The van der Waals surface area contributed by atoms with Gasteiger partial charge in [0.05, 0.1) is 23.6 Å². The van der Waals surface area contributed by atoms with Crippen molar-refractivity contribution in [2.75, 3.05) is 17.7 Å². The van der Waals surface area contributed by atoms with Gasteiger partial charge in [0, 0.05) is 5.69 Å². The highest BCUT2D eigenvalue weighted by molar-refractivity contribution is 8.14. The number of carbonyl (C=O) groups is 2. The number of thioether (sulfide) groups is 1. The van der Waals surface area contributed by atoms with Gasteiger partial charge in [-0.3, -0.25) is 4.79 Å². The topological polar surface area (TPSA) is 79.8 Å². The first kappa shape index (κ1) is 25.3. The van der Waals surface area contributed by atoms with Gasteiger partial charge in [-0.25, -0.2) is 9.79 Å². The Kier molecular flexibility index (Phi) is 8.23. The summed E-state index contributed by atoms with van der Waals surface area (Å²) in [5, 5.41) is 6.85. The van der Waals surface area contributed by atoms with Crippen LogP contribution in [0.2, 0.25) is 0 Å². The monoisotopic (exact) mass is 499 g/mol. The van der Waals surface area contributed by atoms with E-state index in [1.807, 2.05) is 92.7 Å². The normalized spacial score (nSPS) is 15.1. The van der Waals surface area contributed by atoms with Crippen molar-refractivity contribution in [1.29, 1.82) is 0 Å². The first-order valence-corrected chi connectivity index (χ1v) is 12.8. The SMILES string of the molecule is CCOC(=O)C1=C(c2ccccc2)NC(SCC(=O)Nc2ccc(C)cc2C)=N[C@H]1c1ccccc1. The number of carbonyl (C=O) groups excluding carboxylic acids is 2. The Bertz CT molecular complexity index is 1300. The molecule has 184 valence electrons. The second-order valence-corrected chi connectivity index (χ2v) is 9.37. The maximum absolute atomic E-state index is 13.1.